The summed E-state index contributed by atoms with van der Waals surface area (Å²) in [6.07, 6.45) is 2.92. The molecule has 50 valence electrons. The summed E-state index contributed by atoms with van der Waals surface area (Å²) in [4.78, 5) is 3.99. The van der Waals surface area contributed by atoms with Crippen LogP contribution in [0.2, 0.25) is 0 Å². The largest absolute Gasteiger partial charge is 0.234 e. The minimum atomic E-state index is 0.518. The van der Waals surface area contributed by atoms with Gasteiger partial charge in [0.05, 0.1) is 4.62 Å². The molecule has 1 aliphatic rings. The van der Waals surface area contributed by atoms with E-state index in [9.17, 15) is 0 Å². The quantitative estimate of drug-likeness (QED) is 0.543. The summed E-state index contributed by atoms with van der Waals surface area (Å²) in [5.74, 6) is 0.518. The molecular weight excluding hydrogens is 201 g/mol. The molecule has 1 nitrogen and oxygen atoms in total. The van der Waals surface area contributed by atoms with E-state index in [1.807, 2.05) is 6.08 Å². The van der Waals surface area contributed by atoms with Gasteiger partial charge in [-0.1, -0.05) is 18.5 Å². The Hall–Kier alpha value is 0.180. The molecule has 0 aromatic rings. The van der Waals surface area contributed by atoms with Crippen LogP contribution < -0.4 is 0 Å². The van der Waals surface area contributed by atoms with Crippen LogP contribution in [0.3, 0.4) is 0 Å². The van der Waals surface area contributed by atoms with Gasteiger partial charge in [0.25, 0.3) is 0 Å². The van der Waals surface area contributed by atoms with Crippen LogP contribution in [0.4, 0.5) is 0 Å². The standard InChI is InChI=1S/C6H7BrClN/c1-4-2-5(7)9-6(8)3-4/h3-4H,2H2,1H3. The summed E-state index contributed by atoms with van der Waals surface area (Å²) < 4.78 is 0.947. The smallest absolute Gasteiger partial charge is 0.126 e. The average molecular weight is 208 g/mol. The lowest BCUT2D eigenvalue weighted by Crippen LogP contribution is -2.01. The van der Waals surface area contributed by atoms with Gasteiger partial charge in [0.1, 0.15) is 5.16 Å². The molecule has 1 unspecified atom stereocenters. The Kier molecular flexibility index (Phi) is 2.30. The van der Waals surface area contributed by atoms with E-state index in [0.29, 0.717) is 11.1 Å². The maximum absolute atomic E-state index is 5.65. The second kappa shape index (κ2) is 2.84. The van der Waals surface area contributed by atoms with E-state index in [1.54, 1.807) is 0 Å². The van der Waals surface area contributed by atoms with Crippen LogP contribution in [-0.4, -0.2) is 4.62 Å². The molecule has 0 bridgehead atoms. The molecular formula is C6H7BrClN. The van der Waals surface area contributed by atoms with Crippen molar-refractivity contribution in [2.24, 2.45) is 10.9 Å². The number of aliphatic imine (C=N–C) groups is 1. The van der Waals surface area contributed by atoms with Gasteiger partial charge >= 0.3 is 0 Å². The molecule has 0 fully saturated rings. The zero-order valence-corrected chi connectivity index (χ0v) is 7.41. The molecule has 1 aliphatic heterocycles. The molecule has 9 heavy (non-hydrogen) atoms. The first-order valence-electron chi connectivity index (χ1n) is 2.79. The Morgan fingerprint density at radius 1 is 1.89 bits per heavy atom. The summed E-state index contributed by atoms with van der Waals surface area (Å²) >= 11 is 8.94. The van der Waals surface area contributed by atoms with Crippen molar-refractivity contribution in [1.29, 1.82) is 0 Å². The molecule has 0 spiro atoms. The van der Waals surface area contributed by atoms with Crippen LogP contribution in [0.1, 0.15) is 13.3 Å². The molecule has 1 atom stereocenters. The summed E-state index contributed by atoms with van der Waals surface area (Å²) in [5.41, 5.74) is 0. The van der Waals surface area contributed by atoms with Crippen molar-refractivity contribution >= 4 is 32.2 Å². The molecule has 0 aromatic heterocycles. The Balaban J connectivity index is 2.74. The van der Waals surface area contributed by atoms with Crippen molar-refractivity contribution in [2.75, 3.05) is 0 Å². The second-order valence-electron chi connectivity index (χ2n) is 2.16. The third-order valence-electron chi connectivity index (χ3n) is 1.14. The average Bonchev–Trinajstić information content (AvgIpc) is 1.59. The fraction of sp³-hybridized carbons (Fsp3) is 0.500. The minimum absolute atomic E-state index is 0.518. The zero-order chi connectivity index (χ0) is 6.85. The highest BCUT2D eigenvalue weighted by Gasteiger charge is 2.08. The van der Waals surface area contributed by atoms with Gasteiger partial charge < -0.3 is 0 Å². The van der Waals surface area contributed by atoms with Gasteiger partial charge in [0, 0.05) is 6.42 Å². The van der Waals surface area contributed by atoms with Crippen molar-refractivity contribution < 1.29 is 0 Å². The molecule has 0 saturated heterocycles. The number of allylic oxidation sites excluding steroid dienone is 1. The number of hydrogen-bond acceptors (Lipinski definition) is 1. The highest BCUT2D eigenvalue weighted by molar-refractivity contribution is 9.18. The van der Waals surface area contributed by atoms with Crippen LogP contribution in [0.5, 0.6) is 0 Å². The first-order chi connectivity index (χ1) is 4.18. The summed E-state index contributed by atoms with van der Waals surface area (Å²) in [6.45, 7) is 2.11. The Morgan fingerprint density at radius 3 is 3.00 bits per heavy atom. The van der Waals surface area contributed by atoms with Gasteiger partial charge in [0.2, 0.25) is 0 Å². The Morgan fingerprint density at radius 2 is 2.56 bits per heavy atom. The molecule has 0 aromatic carbocycles. The summed E-state index contributed by atoms with van der Waals surface area (Å²) in [5, 5.41) is 0.598. The van der Waals surface area contributed by atoms with E-state index in [1.165, 1.54) is 0 Å². The lowest BCUT2D eigenvalue weighted by molar-refractivity contribution is 0.760. The van der Waals surface area contributed by atoms with Gasteiger partial charge in [-0.15, -0.1) is 0 Å². The van der Waals surface area contributed by atoms with Crippen LogP contribution in [0.25, 0.3) is 0 Å². The maximum atomic E-state index is 5.65. The third kappa shape index (κ3) is 2.11. The molecule has 3 heteroatoms. The van der Waals surface area contributed by atoms with Crippen LogP contribution in [0, 0.1) is 5.92 Å². The predicted octanol–water partition coefficient (Wildman–Crippen LogP) is 2.90. The van der Waals surface area contributed by atoms with Crippen molar-refractivity contribution in [2.45, 2.75) is 13.3 Å². The number of hydrogen-bond donors (Lipinski definition) is 0. The topological polar surface area (TPSA) is 12.4 Å². The molecule has 1 rings (SSSR count). The van der Waals surface area contributed by atoms with E-state index in [2.05, 4.69) is 27.8 Å². The highest BCUT2D eigenvalue weighted by Crippen LogP contribution is 2.21. The van der Waals surface area contributed by atoms with Crippen molar-refractivity contribution in [3.8, 4) is 0 Å². The van der Waals surface area contributed by atoms with E-state index in [0.717, 1.165) is 11.0 Å². The summed E-state index contributed by atoms with van der Waals surface area (Å²) in [7, 11) is 0. The summed E-state index contributed by atoms with van der Waals surface area (Å²) in [6, 6.07) is 0. The fourth-order valence-corrected chi connectivity index (χ4v) is 1.88. The number of nitrogens with zero attached hydrogens (tertiary/aromatic N) is 1. The molecule has 0 N–H and O–H groups in total. The van der Waals surface area contributed by atoms with Gasteiger partial charge in [-0.3, -0.25) is 0 Å². The number of rotatable bonds is 0. The molecule has 0 saturated carbocycles. The predicted molar refractivity (Wildman–Crippen MR) is 44.1 cm³/mol. The van der Waals surface area contributed by atoms with Crippen molar-refractivity contribution in [1.82, 2.24) is 0 Å². The van der Waals surface area contributed by atoms with E-state index < -0.39 is 0 Å². The maximum Gasteiger partial charge on any atom is 0.126 e. The monoisotopic (exact) mass is 207 g/mol. The Bertz CT molecular complexity index is 174. The molecule has 0 aliphatic carbocycles. The van der Waals surface area contributed by atoms with Gasteiger partial charge in [-0.2, -0.15) is 0 Å². The molecule has 0 amide bonds. The fourth-order valence-electron chi connectivity index (χ4n) is 0.758. The second-order valence-corrected chi connectivity index (χ2v) is 3.46. The third-order valence-corrected chi connectivity index (χ3v) is 1.85. The van der Waals surface area contributed by atoms with Crippen molar-refractivity contribution in [3.05, 3.63) is 11.2 Å². The Labute approximate surface area is 67.9 Å². The van der Waals surface area contributed by atoms with Crippen LogP contribution in [-0.2, 0) is 0 Å². The van der Waals surface area contributed by atoms with Gasteiger partial charge in [-0.25, -0.2) is 4.99 Å². The van der Waals surface area contributed by atoms with Crippen LogP contribution in [0.15, 0.2) is 16.2 Å². The SMILES string of the molecule is CC1C=C(Cl)N=C(Br)C1. The minimum Gasteiger partial charge on any atom is -0.234 e. The highest BCUT2D eigenvalue weighted by atomic mass is 79.9. The number of halogens is 2. The van der Waals surface area contributed by atoms with E-state index in [-0.39, 0.29) is 0 Å². The van der Waals surface area contributed by atoms with Gasteiger partial charge in [-0.05, 0) is 27.9 Å². The van der Waals surface area contributed by atoms with Gasteiger partial charge in [0.15, 0.2) is 0 Å². The zero-order valence-electron chi connectivity index (χ0n) is 5.06. The van der Waals surface area contributed by atoms with E-state index in [4.69, 9.17) is 11.6 Å². The lowest BCUT2D eigenvalue weighted by Gasteiger charge is -2.09. The van der Waals surface area contributed by atoms with E-state index >= 15 is 0 Å². The van der Waals surface area contributed by atoms with Crippen molar-refractivity contribution in [3.63, 3.8) is 0 Å². The molecule has 1 heterocycles. The first-order valence-corrected chi connectivity index (χ1v) is 3.96. The molecule has 0 radical (unpaired) electrons. The first kappa shape index (κ1) is 7.29. The lowest BCUT2D eigenvalue weighted by atomic mass is 10.1. The normalized spacial score (nSPS) is 27.2. The van der Waals surface area contributed by atoms with Crippen LogP contribution >= 0.6 is 27.5 Å².